The van der Waals surface area contributed by atoms with Crippen LogP contribution in [-0.4, -0.2) is 50.9 Å². The number of hydrogen-bond donors (Lipinski definition) is 1. The molecule has 42 heavy (non-hydrogen) atoms. The Morgan fingerprint density at radius 2 is 1.69 bits per heavy atom. The van der Waals surface area contributed by atoms with Gasteiger partial charge in [-0.1, -0.05) is 79.4 Å². The standard InChI is InChI=1S/C32H38ClN3O5S/c1-4-29(32(38)34-25-10-8-9-11-25)35(21-24-16-14-23(2)15-17-24)31(37)22-36(26-18-19-30(41-3)28(33)20-26)42(39,40)27-12-6-5-7-13-27/h5-7,12-20,25,29H,4,8-11,21-22H2,1-3H3,(H,34,38)/t29-/m1/s1. The molecule has 1 N–H and O–H groups in total. The summed E-state index contributed by atoms with van der Waals surface area (Å²) in [6.45, 7) is 3.45. The van der Waals surface area contributed by atoms with Crippen LogP contribution in [0.15, 0.2) is 77.7 Å². The molecule has 0 spiro atoms. The molecule has 3 aromatic carbocycles. The van der Waals surface area contributed by atoms with Crippen molar-refractivity contribution in [3.8, 4) is 5.75 Å². The lowest BCUT2D eigenvalue weighted by atomic mass is 10.1. The molecule has 0 unspecified atom stereocenters. The summed E-state index contributed by atoms with van der Waals surface area (Å²) in [5.41, 5.74) is 2.11. The Bertz CT molecular complexity index is 1480. The van der Waals surface area contributed by atoms with Crippen molar-refractivity contribution in [2.24, 2.45) is 0 Å². The summed E-state index contributed by atoms with van der Waals surface area (Å²) < 4.78 is 34.2. The number of benzene rings is 3. The van der Waals surface area contributed by atoms with Crippen molar-refractivity contribution in [3.63, 3.8) is 0 Å². The van der Waals surface area contributed by atoms with Gasteiger partial charge in [0.1, 0.15) is 18.3 Å². The lowest BCUT2D eigenvalue weighted by molar-refractivity contribution is -0.140. The number of rotatable bonds is 12. The fourth-order valence-electron chi connectivity index (χ4n) is 5.24. The van der Waals surface area contributed by atoms with Gasteiger partial charge in [-0.3, -0.25) is 13.9 Å². The van der Waals surface area contributed by atoms with Crippen molar-refractivity contribution >= 4 is 39.1 Å². The second-order valence-corrected chi connectivity index (χ2v) is 12.8. The van der Waals surface area contributed by atoms with Gasteiger partial charge in [0.15, 0.2) is 0 Å². The molecule has 8 nitrogen and oxygen atoms in total. The fraction of sp³-hybridized carbons (Fsp3) is 0.375. The molecule has 0 heterocycles. The number of carbonyl (C=O) groups excluding carboxylic acids is 2. The highest BCUT2D eigenvalue weighted by atomic mass is 35.5. The number of sulfonamides is 1. The maximum absolute atomic E-state index is 14.2. The molecule has 0 saturated heterocycles. The molecule has 1 saturated carbocycles. The normalized spacial score (nSPS) is 14.3. The van der Waals surface area contributed by atoms with Crippen molar-refractivity contribution in [1.82, 2.24) is 10.2 Å². The number of nitrogens with zero attached hydrogens (tertiary/aromatic N) is 2. The zero-order chi connectivity index (χ0) is 30.3. The van der Waals surface area contributed by atoms with Gasteiger partial charge in [0.25, 0.3) is 10.0 Å². The zero-order valence-electron chi connectivity index (χ0n) is 24.3. The Labute approximate surface area is 253 Å². The Hall–Kier alpha value is -3.56. The monoisotopic (exact) mass is 611 g/mol. The minimum Gasteiger partial charge on any atom is -0.495 e. The average Bonchev–Trinajstić information content (AvgIpc) is 3.50. The minimum atomic E-state index is -4.18. The first kappa shape index (κ1) is 31.4. The Morgan fingerprint density at radius 1 is 1.02 bits per heavy atom. The van der Waals surface area contributed by atoms with E-state index in [-0.39, 0.29) is 34.1 Å². The maximum Gasteiger partial charge on any atom is 0.264 e. The lowest BCUT2D eigenvalue weighted by Crippen LogP contribution is -2.53. The predicted octanol–water partition coefficient (Wildman–Crippen LogP) is 5.72. The van der Waals surface area contributed by atoms with Crippen LogP contribution < -0.4 is 14.4 Å². The van der Waals surface area contributed by atoms with E-state index < -0.39 is 28.5 Å². The molecule has 10 heteroatoms. The molecular formula is C32H38ClN3O5S. The van der Waals surface area contributed by atoms with Gasteiger partial charge in [0.2, 0.25) is 11.8 Å². The van der Waals surface area contributed by atoms with Crippen molar-refractivity contribution in [1.29, 1.82) is 0 Å². The summed E-state index contributed by atoms with van der Waals surface area (Å²) in [4.78, 5) is 29.3. The first-order valence-electron chi connectivity index (χ1n) is 14.2. The largest absolute Gasteiger partial charge is 0.495 e. The summed E-state index contributed by atoms with van der Waals surface area (Å²) >= 11 is 6.39. The molecule has 4 rings (SSSR count). The van der Waals surface area contributed by atoms with Gasteiger partial charge < -0.3 is 15.0 Å². The first-order chi connectivity index (χ1) is 20.1. The molecule has 1 atom stereocenters. The Balaban J connectivity index is 1.72. The van der Waals surface area contributed by atoms with E-state index in [1.807, 2.05) is 38.1 Å². The number of carbonyl (C=O) groups is 2. The van der Waals surface area contributed by atoms with Crippen LogP contribution in [0.25, 0.3) is 0 Å². The third-order valence-electron chi connectivity index (χ3n) is 7.59. The van der Waals surface area contributed by atoms with Crippen molar-refractivity contribution in [2.45, 2.75) is 69.5 Å². The quantitative estimate of drug-likeness (QED) is 0.283. The van der Waals surface area contributed by atoms with Crippen molar-refractivity contribution in [3.05, 3.63) is 88.9 Å². The number of anilines is 1. The second kappa shape index (κ2) is 14.1. The van der Waals surface area contributed by atoms with E-state index in [2.05, 4.69) is 5.32 Å². The highest BCUT2D eigenvalue weighted by Gasteiger charge is 2.34. The van der Waals surface area contributed by atoms with Crippen LogP contribution >= 0.6 is 11.6 Å². The van der Waals surface area contributed by atoms with Gasteiger partial charge in [-0.25, -0.2) is 8.42 Å². The molecule has 3 aromatic rings. The van der Waals surface area contributed by atoms with Crippen LogP contribution in [0, 0.1) is 6.92 Å². The molecule has 224 valence electrons. The van der Waals surface area contributed by atoms with Crippen LogP contribution in [0.1, 0.15) is 50.2 Å². The predicted molar refractivity (Wildman–Crippen MR) is 165 cm³/mol. The fourth-order valence-corrected chi connectivity index (χ4v) is 6.92. The Morgan fingerprint density at radius 3 is 2.29 bits per heavy atom. The molecule has 1 aliphatic rings. The van der Waals surface area contributed by atoms with E-state index in [9.17, 15) is 18.0 Å². The van der Waals surface area contributed by atoms with Crippen LogP contribution in [0.4, 0.5) is 5.69 Å². The average molecular weight is 612 g/mol. The van der Waals surface area contributed by atoms with Gasteiger partial charge in [-0.2, -0.15) is 0 Å². The molecule has 0 bridgehead atoms. The summed E-state index contributed by atoms with van der Waals surface area (Å²) in [7, 11) is -2.72. The first-order valence-corrected chi connectivity index (χ1v) is 16.0. The highest BCUT2D eigenvalue weighted by Crippen LogP contribution is 2.32. The van der Waals surface area contributed by atoms with E-state index in [4.69, 9.17) is 16.3 Å². The molecule has 1 aliphatic carbocycles. The van der Waals surface area contributed by atoms with Gasteiger partial charge in [-0.05, 0) is 62.1 Å². The lowest BCUT2D eigenvalue weighted by Gasteiger charge is -2.34. The number of nitrogens with one attached hydrogen (secondary N) is 1. The number of aryl methyl sites for hydroxylation is 1. The molecule has 2 amide bonds. The van der Waals surface area contributed by atoms with E-state index >= 15 is 0 Å². The van der Waals surface area contributed by atoms with E-state index in [1.54, 1.807) is 30.3 Å². The van der Waals surface area contributed by atoms with E-state index in [0.717, 1.165) is 41.1 Å². The van der Waals surface area contributed by atoms with Crippen molar-refractivity contribution < 1.29 is 22.7 Å². The number of halogens is 1. The van der Waals surface area contributed by atoms with Crippen LogP contribution in [-0.2, 0) is 26.2 Å². The number of amides is 2. The van der Waals surface area contributed by atoms with Gasteiger partial charge in [0, 0.05) is 12.6 Å². The minimum absolute atomic E-state index is 0.0286. The third kappa shape index (κ3) is 7.44. The van der Waals surface area contributed by atoms with Gasteiger partial charge in [-0.15, -0.1) is 0 Å². The third-order valence-corrected chi connectivity index (χ3v) is 9.68. The van der Waals surface area contributed by atoms with E-state index in [0.29, 0.717) is 12.2 Å². The maximum atomic E-state index is 14.2. The van der Waals surface area contributed by atoms with Gasteiger partial charge in [0.05, 0.1) is 22.7 Å². The smallest absolute Gasteiger partial charge is 0.264 e. The van der Waals surface area contributed by atoms with Crippen LogP contribution in [0.2, 0.25) is 5.02 Å². The summed E-state index contributed by atoms with van der Waals surface area (Å²) in [6, 6.07) is 19.5. The number of hydrogen-bond acceptors (Lipinski definition) is 5. The van der Waals surface area contributed by atoms with Crippen molar-refractivity contribution in [2.75, 3.05) is 18.0 Å². The van der Waals surface area contributed by atoms with Gasteiger partial charge >= 0.3 is 0 Å². The number of ether oxygens (including phenoxy) is 1. The second-order valence-electron chi connectivity index (χ2n) is 10.6. The zero-order valence-corrected chi connectivity index (χ0v) is 25.8. The molecule has 0 radical (unpaired) electrons. The van der Waals surface area contributed by atoms with Crippen LogP contribution in [0.3, 0.4) is 0 Å². The van der Waals surface area contributed by atoms with Crippen LogP contribution in [0.5, 0.6) is 5.75 Å². The molecule has 1 fully saturated rings. The summed E-state index contributed by atoms with van der Waals surface area (Å²) in [6.07, 6.45) is 4.32. The Kier molecular flexibility index (Phi) is 10.5. The molecule has 0 aliphatic heterocycles. The summed E-state index contributed by atoms with van der Waals surface area (Å²) in [5, 5.41) is 3.33. The SMILES string of the molecule is CC[C@H](C(=O)NC1CCCC1)N(Cc1ccc(C)cc1)C(=O)CN(c1ccc(OC)c(Cl)c1)S(=O)(=O)c1ccccc1. The highest BCUT2D eigenvalue weighted by molar-refractivity contribution is 7.92. The van der Waals surface area contributed by atoms with E-state index in [1.165, 1.54) is 30.2 Å². The molecule has 0 aromatic heterocycles. The summed E-state index contributed by atoms with van der Waals surface area (Å²) in [5.74, 6) is -0.357. The topological polar surface area (TPSA) is 96.0 Å². The number of methoxy groups -OCH3 is 1. The molecular weight excluding hydrogens is 574 g/mol.